The molecule has 80 valence electrons. The number of hydrogen-bond donors (Lipinski definition) is 0. The van der Waals surface area contributed by atoms with Crippen LogP contribution in [-0.4, -0.2) is 12.9 Å². The first-order chi connectivity index (χ1) is 7.06. The Morgan fingerprint density at radius 2 is 2.07 bits per heavy atom. The van der Waals surface area contributed by atoms with Crippen LogP contribution in [0.5, 0.6) is 5.75 Å². The fraction of sp³-hybridized carbons (Fsp3) is 0.462. The molecule has 0 N–H and O–H groups in total. The molecule has 1 aromatic carbocycles. The third kappa shape index (κ3) is 1.36. The fourth-order valence-corrected chi connectivity index (χ4v) is 2.59. The Labute approximate surface area is 90.3 Å². The Bertz CT molecular complexity index is 433. The van der Waals surface area contributed by atoms with Gasteiger partial charge in [0.1, 0.15) is 5.75 Å². The molecular weight excluding hydrogens is 188 g/mol. The molecule has 1 atom stereocenters. The first-order valence-corrected chi connectivity index (χ1v) is 5.27. The number of carbonyl (C=O) groups excluding carboxylic acids is 1. The van der Waals surface area contributed by atoms with Crippen LogP contribution >= 0.6 is 0 Å². The lowest BCUT2D eigenvalue weighted by atomic mass is 9.94. The van der Waals surface area contributed by atoms with Gasteiger partial charge in [0.25, 0.3) is 0 Å². The van der Waals surface area contributed by atoms with Gasteiger partial charge in [-0.05, 0) is 37.0 Å². The number of methoxy groups -OCH3 is 1. The number of rotatable bonds is 1. The smallest absolute Gasteiger partial charge is 0.164 e. The number of fused-ring (bicyclic) bond motifs is 1. The molecule has 1 aliphatic rings. The maximum atomic E-state index is 11.9. The summed E-state index contributed by atoms with van der Waals surface area (Å²) in [5.41, 5.74) is 4.29. The molecule has 0 fully saturated rings. The molecule has 2 rings (SSSR count). The van der Waals surface area contributed by atoms with E-state index in [9.17, 15) is 4.79 Å². The molecule has 1 aromatic rings. The highest BCUT2D eigenvalue weighted by molar-refractivity contribution is 6.03. The minimum atomic E-state index is 0.261. The summed E-state index contributed by atoms with van der Waals surface area (Å²) >= 11 is 0. The highest BCUT2D eigenvalue weighted by atomic mass is 16.5. The Morgan fingerprint density at radius 3 is 2.67 bits per heavy atom. The van der Waals surface area contributed by atoms with E-state index < -0.39 is 0 Å². The Hall–Kier alpha value is -1.31. The van der Waals surface area contributed by atoms with Crippen LogP contribution in [0.2, 0.25) is 0 Å². The van der Waals surface area contributed by atoms with Crippen LogP contribution in [0.3, 0.4) is 0 Å². The second kappa shape index (κ2) is 3.37. The van der Waals surface area contributed by atoms with Crippen LogP contribution < -0.4 is 4.74 Å². The SMILES string of the molecule is COc1cc(C)c2c(c1C)C(=O)CC2C. The summed E-state index contributed by atoms with van der Waals surface area (Å²) in [6.07, 6.45) is 0.643. The zero-order chi connectivity index (χ0) is 11.2. The van der Waals surface area contributed by atoms with Gasteiger partial charge in [-0.3, -0.25) is 4.79 Å². The molecule has 0 spiro atoms. The van der Waals surface area contributed by atoms with Crippen LogP contribution in [0.25, 0.3) is 0 Å². The van der Waals surface area contributed by atoms with Crippen molar-refractivity contribution in [3.8, 4) is 5.75 Å². The van der Waals surface area contributed by atoms with E-state index in [2.05, 4.69) is 13.8 Å². The molecular formula is C13H16O2. The highest BCUT2D eigenvalue weighted by Gasteiger charge is 2.30. The third-order valence-electron chi connectivity index (χ3n) is 3.27. The van der Waals surface area contributed by atoms with E-state index in [1.807, 2.05) is 13.0 Å². The van der Waals surface area contributed by atoms with Crippen LogP contribution in [-0.2, 0) is 0 Å². The first kappa shape index (κ1) is 10.2. The van der Waals surface area contributed by atoms with Crippen molar-refractivity contribution in [1.29, 1.82) is 0 Å². The van der Waals surface area contributed by atoms with Crippen LogP contribution in [0.1, 0.15) is 46.3 Å². The van der Waals surface area contributed by atoms with E-state index in [-0.39, 0.29) is 5.78 Å². The summed E-state index contributed by atoms with van der Waals surface area (Å²) in [5, 5.41) is 0. The van der Waals surface area contributed by atoms with Crippen molar-refractivity contribution in [1.82, 2.24) is 0 Å². The van der Waals surface area contributed by atoms with Gasteiger partial charge in [-0.2, -0.15) is 0 Å². The Morgan fingerprint density at radius 1 is 1.40 bits per heavy atom. The van der Waals surface area contributed by atoms with Gasteiger partial charge in [-0.1, -0.05) is 6.92 Å². The maximum Gasteiger partial charge on any atom is 0.164 e. The minimum Gasteiger partial charge on any atom is -0.496 e. The largest absolute Gasteiger partial charge is 0.496 e. The minimum absolute atomic E-state index is 0.261. The van der Waals surface area contributed by atoms with E-state index in [0.29, 0.717) is 12.3 Å². The molecule has 0 amide bonds. The van der Waals surface area contributed by atoms with E-state index in [4.69, 9.17) is 4.74 Å². The van der Waals surface area contributed by atoms with Crippen molar-refractivity contribution < 1.29 is 9.53 Å². The molecule has 0 bridgehead atoms. The number of Topliss-reactive ketones (excluding diaryl/α,β-unsaturated/α-hetero) is 1. The van der Waals surface area contributed by atoms with Gasteiger partial charge in [0.05, 0.1) is 7.11 Å². The molecule has 0 saturated heterocycles. The zero-order valence-electron chi connectivity index (χ0n) is 9.68. The maximum absolute atomic E-state index is 11.9. The summed E-state index contributed by atoms with van der Waals surface area (Å²) in [5.74, 6) is 1.45. The van der Waals surface area contributed by atoms with E-state index >= 15 is 0 Å². The predicted molar refractivity (Wildman–Crippen MR) is 59.8 cm³/mol. The van der Waals surface area contributed by atoms with Crippen molar-refractivity contribution in [2.24, 2.45) is 0 Å². The predicted octanol–water partition coefficient (Wildman–Crippen LogP) is 3.00. The summed E-state index contributed by atoms with van der Waals surface area (Å²) in [6.45, 7) is 6.13. The van der Waals surface area contributed by atoms with Crippen LogP contribution in [0.4, 0.5) is 0 Å². The molecule has 2 heteroatoms. The second-order valence-electron chi connectivity index (χ2n) is 4.34. The fourth-order valence-electron chi connectivity index (χ4n) is 2.59. The lowest BCUT2D eigenvalue weighted by Gasteiger charge is -2.13. The number of ether oxygens (including phenoxy) is 1. The van der Waals surface area contributed by atoms with Crippen molar-refractivity contribution in [3.05, 3.63) is 28.3 Å². The number of aryl methyl sites for hydroxylation is 1. The van der Waals surface area contributed by atoms with Gasteiger partial charge < -0.3 is 4.74 Å². The molecule has 0 radical (unpaired) electrons. The summed E-state index contributed by atoms with van der Waals surface area (Å²) in [4.78, 5) is 11.9. The van der Waals surface area contributed by atoms with Gasteiger partial charge in [0, 0.05) is 17.5 Å². The molecule has 15 heavy (non-hydrogen) atoms. The standard InChI is InChI=1S/C13H16O2/c1-7-5-10(14)13-9(3)11(15-4)6-8(2)12(7)13/h6-7H,5H2,1-4H3. The van der Waals surface area contributed by atoms with Gasteiger partial charge in [-0.15, -0.1) is 0 Å². The van der Waals surface area contributed by atoms with E-state index in [1.54, 1.807) is 7.11 Å². The van der Waals surface area contributed by atoms with Crippen molar-refractivity contribution in [2.45, 2.75) is 33.1 Å². The lowest BCUT2D eigenvalue weighted by Crippen LogP contribution is -2.00. The third-order valence-corrected chi connectivity index (χ3v) is 3.27. The number of ketones is 1. The number of hydrogen-bond acceptors (Lipinski definition) is 2. The second-order valence-corrected chi connectivity index (χ2v) is 4.34. The average molecular weight is 204 g/mol. The average Bonchev–Trinajstić information content (AvgIpc) is 2.48. The van der Waals surface area contributed by atoms with Crippen LogP contribution in [0.15, 0.2) is 6.07 Å². The Balaban J connectivity index is 2.74. The van der Waals surface area contributed by atoms with Crippen molar-refractivity contribution in [3.63, 3.8) is 0 Å². The highest BCUT2D eigenvalue weighted by Crippen LogP contribution is 2.40. The van der Waals surface area contributed by atoms with Crippen LogP contribution in [0, 0.1) is 13.8 Å². The molecule has 0 saturated carbocycles. The summed E-state index contributed by atoms with van der Waals surface area (Å²) in [6, 6.07) is 2.03. The molecule has 0 aliphatic heterocycles. The Kier molecular flexibility index (Phi) is 2.29. The van der Waals surface area contributed by atoms with Gasteiger partial charge in [0.2, 0.25) is 0 Å². The zero-order valence-corrected chi connectivity index (χ0v) is 9.68. The molecule has 0 aromatic heterocycles. The normalized spacial score (nSPS) is 19.2. The number of carbonyl (C=O) groups is 1. The van der Waals surface area contributed by atoms with E-state index in [0.717, 1.165) is 16.9 Å². The van der Waals surface area contributed by atoms with Gasteiger partial charge in [-0.25, -0.2) is 0 Å². The lowest BCUT2D eigenvalue weighted by molar-refractivity contribution is 0.0989. The summed E-state index contributed by atoms with van der Waals surface area (Å²) in [7, 11) is 1.65. The van der Waals surface area contributed by atoms with Gasteiger partial charge >= 0.3 is 0 Å². The number of benzene rings is 1. The first-order valence-electron chi connectivity index (χ1n) is 5.27. The quantitative estimate of drug-likeness (QED) is 0.703. The van der Waals surface area contributed by atoms with Crippen molar-refractivity contribution in [2.75, 3.05) is 7.11 Å². The molecule has 2 nitrogen and oxygen atoms in total. The monoisotopic (exact) mass is 204 g/mol. The molecule has 1 unspecified atom stereocenters. The molecule has 0 heterocycles. The van der Waals surface area contributed by atoms with E-state index in [1.165, 1.54) is 11.1 Å². The summed E-state index contributed by atoms with van der Waals surface area (Å²) < 4.78 is 5.28. The van der Waals surface area contributed by atoms with Crippen molar-refractivity contribution >= 4 is 5.78 Å². The topological polar surface area (TPSA) is 26.3 Å². The molecule has 1 aliphatic carbocycles. The van der Waals surface area contributed by atoms with Gasteiger partial charge in [0.15, 0.2) is 5.78 Å².